The van der Waals surface area contributed by atoms with Crippen LogP contribution in [-0.2, 0) is 9.59 Å². The lowest BCUT2D eigenvalue weighted by Crippen LogP contribution is -2.40. The van der Waals surface area contributed by atoms with Crippen LogP contribution < -0.4 is 15.0 Å². The molecular weight excluding hydrogens is 328 g/mol. The second kappa shape index (κ2) is 10.2. The second-order valence-corrected chi connectivity index (χ2v) is 6.05. The molecule has 0 spiro atoms. The van der Waals surface area contributed by atoms with Gasteiger partial charge in [0, 0.05) is 13.5 Å². The smallest absolute Gasteiger partial charge is 0.240 e. The van der Waals surface area contributed by atoms with Crippen LogP contribution in [0.4, 0.5) is 5.69 Å². The summed E-state index contributed by atoms with van der Waals surface area (Å²) in [6, 6.07) is 16.6. The van der Waals surface area contributed by atoms with E-state index < -0.39 is 0 Å². The number of benzene rings is 2. The highest BCUT2D eigenvalue weighted by molar-refractivity contribution is 5.98. The van der Waals surface area contributed by atoms with Gasteiger partial charge in [-0.05, 0) is 30.7 Å². The van der Waals surface area contributed by atoms with Gasteiger partial charge in [-0.2, -0.15) is 0 Å². The Hall–Kier alpha value is -2.82. The third-order valence-corrected chi connectivity index (χ3v) is 3.91. The fourth-order valence-corrected chi connectivity index (χ4v) is 2.55. The van der Waals surface area contributed by atoms with Crippen LogP contribution in [0.3, 0.4) is 0 Å². The molecule has 0 aromatic heterocycles. The first-order chi connectivity index (χ1) is 12.6. The van der Waals surface area contributed by atoms with Gasteiger partial charge in [0.25, 0.3) is 0 Å². The quantitative estimate of drug-likeness (QED) is 0.689. The van der Waals surface area contributed by atoms with Crippen LogP contribution in [0.2, 0.25) is 0 Å². The van der Waals surface area contributed by atoms with Crippen LogP contribution >= 0.6 is 0 Å². The summed E-state index contributed by atoms with van der Waals surface area (Å²) in [5.74, 6) is 0.823. The molecule has 5 nitrogen and oxygen atoms in total. The molecule has 2 rings (SSSR count). The van der Waals surface area contributed by atoms with Crippen molar-refractivity contribution in [3.05, 3.63) is 54.6 Å². The lowest BCUT2D eigenvalue weighted by atomic mass is 10.2. The zero-order valence-corrected chi connectivity index (χ0v) is 15.4. The standard InChI is InChI=1S/C21H26N2O3/c1-3-4-10-15-22-21(25)16-23(17(2)24)19-13-8-9-14-20(19)26-18-11-6-5-7-12-18/h5-9,11-14H,3-4,10,15-16H2,1-2H3,(H,22,25). The average Bonchev–Trinajstić information content (AvgIpc) is 2.65. The molecule has 0 heterocycles. The number of ether oxygens (including phenoxy) is 1. The number of anilines is 1. The van der Waals surface area contributed by atoms with Gasteiger partial charge in [0.1, 0.15) is 12.3 Å². The Morgan fingerprint density at radius 3 is 2.38 bits per heavy atom. The number of unbranched alkanes of at least 4 members (excludes halogenated alkanes) is 2. The molecule has 0 aliphatic rings. The predicted molar refractivity (Wildman–Crippen MR) is 104 cm³/mol. The third kappa shape index (κ3) is 5.92. The van der Waals surface area contributed by atoms with Gasteiger partial charge in [0.15, 0.2) is 5.75 Å². The molecule has 0 saturated heterocycles. The molecule has 1 N–H and O–H groups in total. The number of carbonyl (C=O) groups is 2. The molecular formula is C21H26N2O3. The third-order valence-electron chi connectivity index (χ3n) is 3.91. The van der Waals surface area contributed by atoms with E-state index in [1.807, 2.05) is 42.5 Å². The number of nitrogens with one attached hydrogen (secondary N) is 1. The van der Waals surface area contributed by atoms with Crippen molar-refractivity contribution in [1.29, 1.82) is 0 Å². The van der Waals surface area contributed by atoms with Crippen molar-refractivity contribution in [2.75, 3.05) is 18.0 Å². The van der Waals surface area contributed by atoms with Gasteiger partial charge in [0.05, 0.1) is 5.69 Å². The number of hydrogen-bond acceptors (Lipinski definition) is 3. The second-order valence-electron chi connectivity index (χ2n) is 6.05. The summed E-state index contributed by atoms with van der Waals surface area (Å²) in [5, 5.41) is 2.87. The largest absolute Gasteiger partial charge is 0.455 e. The van der Waals surface area contributed by atoms with Gasteiger partial charge in [-0.25, -0.2) is 0 Å². The molecule has 0 aliphatic carbocycles. The summed E-state index contributed by atoms with van der Waals surface area (Å²) < 4.78 is 5.91. The number of hydrogen-bond donors (Lipinski definition) is 1. The van der Waals surface area contributed by atoms with E-state index in [9.17, 15) is 9.59 Å². The van der Waals surface area contributed by atoms with Crippen molar-refractivity contribution in [3.8, 4) is 11.5 Å². The topological polar surface area (TPSA) is 58.6 Å². The molecule has 2 aromatic rings. The van der Waals surface area contributed by atoms with Gasteiger partial charge < -0.3 is 10.1 Å². The van der Waals surface area contributed by atoms with Crippen LogP contribution in [0.5, 0.6) is 11.5 Å². The molecule has 0 unspecified atom stereocenters. The Balaban J connectivity index is 2.12. The Morgan fingerprint density at radius 1 is 1.00 bits per heavy atom. The molecule has 0 saturated carbocycles. The van der Waals surface area contributed by atoms with E-state index in [1.54, 1.807) is 12.1 Å². The van der Waals surface area contributed by atoms with Crippen molar-refractivity contribution >= 4 is 17.5 Å². The molecule has 0 atom stereocenters. The Morgan fingerprint density at radius 2 is 1.69 bits per heavy atom. The Kier molecular flexibility index (Phi) is 7.68. The molecule has 26 heavy (non-hydrogen) atoms. The van der Waals surface area contributed by atoms with E-state index in [-0.39, 0.29) is 18.4 Å². The molecule has 0 fully saturated rings. The predicted octanol–water partition coefficient (Wildman–Crippen LogP) is 4.14. The van der Waals surface area contributed by atoms with Crippen LogP contribution in [0.15, 0.2) is 54.6 Å². The monoisotopic (exact) mass is 354 g/mol. The fourth-order valence-electron chi connectivity index (χ4n) is 2.55. The van der Waals surface area contributed by atoms with Crippen LogP contribution in [0.25, 0.3) is 0 Å². The van der Waals surface area contributed by atoms with E-state index in [0.717, 1.165) is 19.3 Å². The fraction of sp³-hybridized carbons (Fsp3) is 0.333. The van der Waals surface area contributed by atoms with Crippen LogP contribution in [0, 0.1) is 0 Å². The summed E-state index contributed by atoms with van der Waals surface area (Å²) in [4.78, 5) is 25.8. The summed E-state index contributed by atoms with van der Waals surface area (Å²) in [6.07, 6.45) is 3.11. The minimum Gasteiger partial charge on any atom is -0.455 e. The maximum Gasteiger partial charge on any atom is 0.240 e. The number of rotatable bonds is 9. The molecule has 2 amide bonds. The van der Waals surface area contributed by atoms with E-state index in [4.69, 9.17) is 4.74 Å². The highest BCUT2D eigenvalue weighted by atomic mass is 16.5. The minimum atomic E-state index is -0.210. The van der Waals surface area contributed by atoms with Crippen molar-refractivity contribution < 1.29 is 14.3 Å². The summed E-state index contributed by atoms with van der Waals surface area (Å²) in [6.45, 7) is 4.16. The highest BCUT2D eigenvalue weighted by Crippen LogP contribution is 2.32. The Labute approximate surface area is 155 Å². The number of para-hydroxylation sites is 3. The first kappa shape index (κ1) is 19.5. The van der Waals surface area contributed by atoms with E-state index >= 15 is 0 Å². The van der Waals surface area contributed by atoms with E-state index in [2.05, 4.69) is 12.2 Å². The van der Waals surface area contributed by atoms with E-state index in [1.165, 1.54) is 11.8 Å². The van der Waals surface area contributed by atoms with Crippen molar-refractivity contribution in [2.24, 2.45) is 0 Å². The van der Waals surface area contributed by atoms with Gasteiger partial charge >= 0.3 is 0 Å². The van der Waals surface area contributed by atoms with Gasteiger partial charge in [0.2, 0.25) is 11.8 Å². The molecule has 138 valence electrons. The lowest BCUT2D eigenvalue weighted by molar-refractivity contribution is -0.123. The highest BCUT2D eigenvalue weighted by Gasteiger charge is 2.19. The maximum absolute atomic E-state index is 12.2. The zero-order chi connectivity index (χ0) is 18.8. The molecule has 5 heteroatoms. The number of amides is 2. The van der Waals surface area contributed by atoms with Gasteiger partial charge in [-0.1, -0.05) is 50.1 Å². The van der Waals surface area contributed by atoms with Crippen LogP contribution in [0.1, 0.15) is 33.1 Å². The molecule has 2 aromatic carbocycles. The SMILES string of the molecule is CCCCCNC(=O)CN(C(C)=O)c1ccccc1Oc1ccccc1. The Bertz CT molecular complexity index is 716. The van der Waals surface area contributed by atoms with Crippen molar-refractivity contribution in [1.82, 2.24) is 5.32 Å². The first-order valence-corrected chi connectivity index (χ1v) is 8.98. The summed E-state index contributed by atoms with van der Waals surface area (Å²) >= 11 is 0. The number of nitrogens with zero attached hydrogens (tertiary/aromatic N) is 1. The molecule has 0 aliphatic heterocycles. The zero-order valence-electron chi connectivity index (χ0n) is 15.4. The van der Waals surface area contributed by atoms with Crippen LogP contribution in [-0.4, -0.2) is 24.9 Å². The first-order valence-electron chi connectivity index (χ1n) is 8.98. The minimum absolute atomic E-state index is 0.0311. The number of carbonyl (C=O) groups excluding carboxylic acids is 2. The van der Waals surface area contributed by atoms with E-state index in [0.29, 0.717) is 23.7 Å². The average molecular weight is 354 g/mol. The maximum atomic E-state index is 12.2. The normalized spacial score (nSPS) is 10.2. The summed E-state index contributed by atoms with van der Waals surface area (Å²) in [7, 11) is 0. The van der Waals surface area contributed by atoms with Gasteiger partial charge in [-0.3, -0.25) is 14.5 Å². The molecule has 0 radical (unpaired) electrons. The summed E-state index contributed by atoms with van der Waals surface area (Å²) in [5.41, 5.74) is 0.576. The van der Waals surface area contributed by atoms with Crippen molar-refractivity contribution in [2.45, 2.75) is 33.1 Å². The molecule has 0 bridgehead atoms. The van der Waals surface area contributed by atoms with Crippen molar-refractivity contribution in [3.63, 3.8) is 0 Å². The lowest BCUT2D eigenvalue weighted by Gasteiger charge is -2.23. The van der Waals surface area contributed by atoms with Gasteiger partial charge in [-0.15, -0.1) is 0 Å².